The normalized spacial score (nSPS) is 13.3. The van der Waals surface area contributed by atoms with Crippen LogP contribution >= 0.6 is 23.8 Å². The van der Waals surface area contributed by atoms with E-state index in [-0.39, 0.29) is 16.1 Å². The van der Waals surface area contributed by atoms with Crippen LogP contribution in [0.4, 0.5) is 15.8 Å². The number of halogens is 2. The SMILES string of the molecule is NC(=O)c1ccc(N2CCN(c3ccc(C(=O)O)c(Cl)c3)CC2)c(F)c1.NC=S. The second kappa shape index (κ2) is 10.0. The number of anilines is 2. The van der Waals surface area contributed by atoms with Crippen LogP contribution in [-0.4, -0.2) is 48.7 Å². The molecule has 0 saturated carbocycles. The third-order valence-corrected chi connectivity index (χ3v) is 4.71. The van der Waals surface area contributed by atoms with E-state index in [1.807, 2.05) is 4.90 Å². The van der Waals surface area contributed by atoms with E-state index in [1.165, 1.54) is 12.1 Å². The van der Waals surface area contributed by atoms with E-state index < -0.39 is 17.7 Å². The zero-order chi connectivity index (χ0) is 21.6. The number of primary amides is 1. The summed E-state index contributed by atoms with van der Waals surface area (Å²) in [5.74, 6) is -2.22. The Morgan fingerprint density at radius 1 is 1.10 bits per heavy atom. The number of aromatic carboxylic acids is 1. The average molecular weight is 439 g/mol. The molecule has 154 valence electrons. The number of hydrogen-bond acceptors (Lipinski definition) is 5. The predicted octanol–water partition coefficient (Wildman–Crippen LogP) is 2.51. The maximum atomic E-state index is 14.3. The lowest BCUT2D eigenvalue weighted by atomic mass is 10.1. The van der Waals surface area contributed by atoms with E-state index in [4.69, 9.17) is 22.4 Å². The number of thiocarbonyl (C=S) groups is 1. The van der Waals surface area contributed by atoms with Gasteiger partial charge in [-0.15, -0.1) is 0 Å². The second-order valence-corrected chi connectivity index (χ2v) is 6.79. The van der Waals surface area contributed by atoms with Crippen LogP contribution in [0.5, 0.6) is 0 Å². The molecule has 0 atom stereocenters. The Morgan fingerprint density at radius 2 is 1.69 bits per heavy atom. The van der Waals surface area contributed by atoms with Gasteiger partial charge in [-0.1, -0.05) is 23.8 Å². The molecule has 0 radical (unpaired) electrons. The third-order valence-electron chi connectivity index (χ3n) is 4.40. The summed E-state index contributed by atoms with van der Waals surface area (Å²) in [6.45, 7) is 2.40. The zero-order valence-corrected chi connectivity index (χ0v) is 16.9. The Bertz CT molecular complexity index is 920. The lowest BCUT2D eigenvalue weighted by Crippen LogP contribution is -2.46. The highest BCUT2D eigenvalue weighted by Gasteiger charge is 2.21. The van der Waals surface area contributed by atoms with Crippen molar-refractivity contribution in [1.82, 2.24) is 0 Å². The van der Waals surface area contributed by atoms with Crippen molar-refractivity contribution in [2.45, 2.75) is 0 Å². The summed E-state index contributed by atoms with van der Waals surface area (Å²) in [5.41, 5.74) is 12.2. The third kappa shape index (κ3) is 5.55. The Balaban J connectivity index is 0.000000941. The largest absolute Gasteiger partial charge is 0.478 e. The van der Waals surface area contributed by atoms with Crippen LogP contribution < -0.4 is 21.3 Å². The number of nitrogens with zero attached hydrogens (tertiary/aromatic N) is 2. The highest BCUT2D eigenvalue weighted by atomic mass is 35.5. The van der Waals surface area contributed by atoms with Gasteiger partial charge in [0.2, 0.25) is 5.91 Å². The Labute approximate surface area is 177 Å². The van der Waals surface area contributed by atoms with Crippen LogP contribution in [0.15, 0.2) is 36.4 Å². The molecule has 0 spiro atoms. The van der Waals surface area contributed by atoms with Gasteiger partial charge in [0.05, 0.1) is 21.8 Å². The number of carbonyl (C=O) groups excluding carboxylic acids is 1. The Kier molecular flexibility index (Phi) is 7.74. The second-order valence-electron chi connectivity index (χ2n) is 6.11. The maximum absolute atomic E-state index is 14.3. The van der Waals surface area contributed by atoms with E-state index in [2.05, 4.69) is 22.9 Å². The fourth-order valence-corrected chi connectivity index (χ4v) is 3.25. The predicted molar refractivity (Wildman–Crippen MR) is 116 cm³/mol. The van der Waals surface area contributed by atoms with Gasteiger partial charge in [-0.2, -0.15) is 0 Å². The molecule has 0 aliphatic carbocycles. The molecule has 0 unspecified atom stereocenters. The van der Waals surface area contributed by atoms with Gasteiger partial charge in [-0.3, -0.25) is 4.79 Å². The van der Waals surface area contributed by atoms with E-state index in [1.54, 1.807) is 18.2 Å². The van der Waals surface area contributed by atoms with Gasteiger partial charge < -0.3 is 26.4 Å². The standard InChI is InChI=1S/C18H17ClFN3O3.CH3NS/c19-14-10-12(2-3-13(14)18(25)26)22-5-7-23(8-6-22)16-4-1-11(17(21)24)9-15(16)20;2-1-3/h1-4,9-10H,5-8H2,(H2,21,24)(H,25,26);1H,(H2,2,3). The molecule has 2 aromatic rings. The van der Waals surface area contributed by atoms with Crippen molar-refractivity contribution in [3.63, 3.8) is 0 Å². The molecule has 2 aromatic carbocycles. The topological polar surface area (TPSA) is 113 Å². The van der Waals surface area contributed by atoms with E-state index in [0.29, 0.717) is 31.9 Å². The van der Waals surface area contributed by atoms with Crippen LogP contribution in [-0.2, 0) is 0 Å². The minimum absolute atomic E-state index is 0.0608. The van der Waals surface area contributed by atoms with E-state index in [0.717, 1.165) is 17.2 Å². The van der Waals surface area contributed by atoms with Crippen molar-refractivity contribution >= 4 is 52.6 Å². The van der Waals surface area contributed by atoms with Crippen molar-refractivity contribution in [3.8, 4) is 0 Å². The quantitative estimate of drug-likeness (QED) is 0.628. The van der Waals surface area contributed by atoms with Crippen molar-refractivity contribution in [2.24, 2.45) is 11.5 Å². The maximum Gasteiger partial charge on any atom is 0.337 e. The molecule has 1 amide bonds. The van der Waals surface area contributed by atoms with Crippen LogP contribution in [0, 0.1) is 5.82 Å². The number of benzene rings is 2. The van der Waals surface area contributed by atoms with Gasteiger partial charge in [0.25, 0.3) is 0 Å². The van der Waals surface area contributed by atoms with E-state index in [9.17, 15) is 14.0 Å². The molecule has 29 heavy (non-hydrogen) atoms. The molecular formula is C19H20ClFN4O3S. The molecule has 3 rings (SSSR count). The number of carboxylic acid groups (broad SMARTS) is 1. The zero-order valence-electron chi connectivity index (χ0n) is 15.3. The van der Waals surface area contributed by atoms with Gasteiger partial charge in [-0.25, -0.2) is 9.18 Å². The average Bonchev–Trinajstić information content (AvgIpc) is 2.68. The number of carboxylic acids is 1. The van der Waals surface area contributed by atoms with Gasteiger partial charge in [0, 0.05) is 37.4 Å². The van der Waals surface area contributed by atoms with Crippen LogP contribution in [0.3, 0.4) is 0 Å². The summed E-state index contributed by atoms with van der Waals surface area (Å²) < 4.78 is 14.3. The monoisotopic (exact) mass is 438 g/mol. The molecule has 7 nitrogen and oxygen atoms in total. The number of rotatable bonds is 4. The Morgan fingerprint density at radius 3 is 2.17 bits per heavy atom. The minimum atomic E-state index is -1.07. The number of amides is 1. The molecule has 10 heteroatoms. The Hall–Kier alpha value is -2.91. The summed E-state index contributed by atoms with van der Waals surface area (Å²) in [4.78, 5) is 26.1. The van der Waals surface area contributed by atoms with Crippen molar-refractivity contribution in [1.29, 1.82) is 0 Å². The van der Waals surface area contributed by atoms with Crippen LogP contribution in [0.2, 0.25) is 5.02 Å². The first-order valence-corrected chi connectivity index (χ1v) is 9.41. The van der Waals surface area contributed by atoms with Crippen molar-refractivity contribution in [3.05, 3.63) is 58.4 Å². The molecular weight excluding hydrogens is 419 g/mol. The van der Waals surface area contributed by atoms with Gasteiger partial charge in [0.15, 0.2) is 0 Å². The lowest BCUT2D eigenvalue weighted by Gasteiger charge is -2.37. The summed E-state index contributed by atoms with van der Waals surface area (Å²) in [7, 11) is 0. The first-order chi connectivity index (χ1) is 13.8. The first kappa shape index (κ1) is 22.4. The van der Waals surface area contributed by atoms with Crippen LogP contribution in [0.25, 0.3) is 0 Å². The summed E-state index contributed by atoms with van der Waals surface area (Å²) >= 11 is 10.1. The first-order valence-electron chi connectivity index (χ1n) is 8.56. The smallest absolute Gasteiger partial charge is 0.337 e. The summed E-state index contributed by atoms with van der Waals surface area (Å²) in [6.07, 6.45) is 0. The molecule has 1 aliphatic rings. The highest BCUT2D eigenvalue weighted by molar-refractivity contribution is 7.78. The molecule has 1 aliphatic heterocycles. The number of nitrogens with two attached hydrogens (primary N) is 2. The highest BCUT2D eigenvalue weighted by Crippen LogP contribution is 2.27. The van der Waals surface area contributed by atoms with E-state index >= 15 is 0 Å². The number of piperazine rings is 1. The lowest BCUT2D eigenvalue weighted by molar-refractivity contribution is 0.0697. The fraction of sp³-hybridized carbons (Fsp3) is 0.211. The van der Waals surface area contributed by atoms with Crippen molar-refractivity contribution < 1.29 is 19.1 Å². The van der Waals surface area contributed by atoms with Crippen LogP contribution in [0.1, 0.15) is 20.7 Å². The van der Waals surface area contributed by atoms with Crippen molar-refractivity contribution in [2.75, 3.05) is 36.0 Å². The molecule has 1 heterocycles. The number of carbonyl (C=O) groups is 2. The van der Waals surface area contributed by atoms with Gasteiger partial charge >= 0.3 is 5.97 Å². The molecule has 0 bridgehead atoms. The van der Waals surface area contributed by atoms with Gasteiger partial charge in [-0.05, 0) is 36.4 Å². The molecule has 1 saturated heterocycles. The minimum Gasteiger partial charge on any atom is -0.478 e. The molecule has 1 fully saturated rings. The summed E-state index contributed by atoms with van der Waals surface area (Å²) in [6, 6.07) is 9.04. The molecule has 5 N–H and O–H groups in total. The fourth-order valence-electron chi connectivity index (χ4n) is 3.00. The summed E-state index contributed by atoms with van der Waals surface area (Å²) in [5, 5.41) is 9.22. The molecule has 0 aromatic heterocycles. The number of hydrogen-bond donors (Lipinski definition) is 3. The van der Waals surface area contributed by atoms with Gasteiger partial charge in [0.1, 0.15) is 5.82 Å².